The van der Waals surface area contributed by atoms with Crippen molar-refractivity contribution in [2.45, 2.75) is 65.0 Å². The molecule has 0 spiro atoms. The highest BCUT2D eigenvalue weighted by Crippen LogP contribution is 2.58. The zero-order valence-electron chi connectivity index (χ0n) is 16.5. The molecule has 0 saturated carbocycles. The van der Waals surface area contributed by atoms with Crippen LogP contribution >= 0.6 is 0 Å². The molecule has 0 saturated heterocycles. The van der Waals surface area contributed by atoms with Crippen molar-refractivity contribution in [3.8, 4) is 0 Å². The molecular formula is C22H30OSi2. The van der Waals surface area contributed by atoms with Gasteiger partial charge >= 0.3 is 0 Å². The Hall–Kier alpha value is -1.17. The van der Waals surface area contributed by atoms with Crippen LogP contribution in [0.4, 0.5) is 0 Å². The first-order chi connectivity index (χ1) is 11.7. The zero-order valence-corrected chi connectivity index (χ0v) is 18.5. The quantitative estimate of drug-likeness (QED) is 0.569. The first kappa shape index (κ1) is 17.3. The third-order valence-electron chi connectivity index (χ3n) is 5.80. The van der Waals surface area contributed by atoms with Gasteiger partial charge in [-0.25, -0.2) is 0 Å². The van der Waals surface area contributed by atoms with Gasteiger partial charge in [0.2, 0.25) is 0 Å². The maximum Gasteiger partial charge on any atom is 0.184 e. The summed E-state index contributed by atoms with van der Waals surface area (Å²) in [6.07, 6.45) is 8.33. The second-order valence-corrected chi connectivity index (χ2v) is 18.2. The monoisotopic (exact) mass is 366 g/mol. The van der Waals surface area contributed by atoms with Crippen LogP contribution in [0.1, 0.15) is 36.5 Å². The van der Waals surface area contributed by atoms with E-state index in [2.05, 4.69) is 70.0 Å². The molecular weight excluding hydrogens is 336 g/mol. The van der Waals surface area contributed by atoms with E-state index in [0.717, 1.165) is 12.8 Å². The minimum atomic E-state index is -1.48. The van der Waals surface area contributed by atoms with Crippen molar-refractivity contribution in [1.29, 1.82) is 0 Å². The standard InChI is InChI=1S/C22H30OSi2/c1-15(23-24(2,3)4)13-16-9-7-11-18(16)19-12-8-10-17-14-20-22(21(17)19)25(20,5)6/h7-10,12,15H,11,13-14H2,1-6H3. The molecule has 0 amide bonds. The van der Waals surface area contributed by atoms with Crippen LogP contribution in [-0.4, -0.2) is 22.5 Å². The molecule has 4 rings (SSSR count). The Morgan fingerprint density at radius 3 is 2.68 bits per heavy atom. The van der Waals surface area contributed by atoms with E-state index >= 15 is 0 Å². The zero-order chi connectivity index (χ0) is 18.0. The molecule has 1 aromatic rings. The van der Waals surface area contributed by atoms with E-state index in [4.69, 9.17) is 4.43 Å². The lowest BCUT2D eigenvalue weighted by atomic mass is 9.92. The highest BCUT2D eigenvalue weighted by molar-refractivity contribution is 7.13. The Morgan fingerprint density at radius 2 is 1.96 bits per heavy atom. The Labute approximate surface area is 154 Å². The van der Waals surface area contributed by atoms with Gasteiger partial charge in [0.05, 0.1) is 0 Å². The van der Waals surface area contributed by atoms with Gasteiger partial charge < -0.3 is 4.43 Å². The number of benzene rings is 1. The second kappa shape index (κ2) is 5.67. The van der Waals surface area contributed by atoms with Gasteiger partial charge in [0.15, 0.2) is 8.32 Å². The lowest BCUT2D eigenvalue weighted by molar-refractivity contribution is 0.215. The molecule has 2 aliphatic carbocycles. The average Bonchev–Trinajstić information content (AvgIpc) is 2.89. The van der Waals surface area contributed by atoms with Crippen molar-refractivity contribution in [2.75, 3.05) is 0 Å². The number of fused-ring (bicyclic) bond motifs is 2. The molecule has 1 aromatic carbocycles. The third-order valence-corrected chi connectivity index (χ3v) is 10.4. The summed E-state index contributed by atoms with van der Waals surface area (Å²) in [4.78, 5) is 0. The first-order valence-electron chi connectivity index (χ1n) is 9.61. The molecule has 1 unspecified atom stereocenters. The molecule has 132 valence electrons. The van der Waals surface area contributed by atoms with Crippen LogP contribution in [0, 0.1) is 0 Å². The lowest BCUT2D eigenvalue weighted by Crippen LogP contribution is -2.30. The molecule has 0 aromatic heterocycles. The smallest absolute Gasteiger partial charge is 0.184 e. The molecule has 1 nitrogen and oxygen atoms in total. The molecule has 1 heterocycles. The molecule has 0 N–H and O–H groups in total. The fourth-order valence-electron chi connectivity index (χ4n) is 4.78. The Balaban J connectivity index is 1.67. The summed E-state index contributed by atoms with van der Waals surface area (Å²) in [6.45, 7) is 14.1. The van der Waals surface area contributed by atoms with Crippen LogP contribution in [0.5, 0.6) is 0 Å². The van der Waals surface area contributed by atoms with Crippen molar-refractivity contribution in [2.24, 2.45) is 0 Å². The van der Waals surface area contributed by atoms with E-state index in [-0.39, 0.29) is 0 Å². The largest absolute Gasteiger partial charge is 0.415 e. The van der Waals surface area contributed by atoms with E-state index in [0.29, 0.717) is 6.10 Å². The predicted octanol–water partition coefficient (Wildman–Crippen LogP) is 6.14. The summed E-state index contributed by atoms with van der Waals surface area (Å²) < 4.78 is 6.31. The fraction of sp³-hybridized carbons (Fsp3) is 0.455. The van der Waals surface area contributed by atoms with Crippen LogP contribution in [0.25, 0.3) is 10.8 Å². The van der Waals surface area contributed by atoms with Crippen molar-refractivity contribution < 1.29 is 4.43 Å². The first-order valence-corrected chi connectivity index (χ1v) is 16.0. The molecule has 25 heavy (non-hydrogen) atoms. The van der Waals surface area contributed by atoms with E-state index in [1.165, 1.54) is 17.6 Å². The summed E-state index contributed by atoms with van der Waals surface area (Å²) in [5.41, 5.74) is 7.74. The predicted molar refractivity (Wildman–Crippen MR) is 114 cm³/mol. The Morgan fingerprint density at radius 1 is 1.20 bits per heavy atom. The maximum atomic E-state index is 6.31. The Bertz CT molecular complexity index is 834. The molecule has 0 fully saturated rings. The fourth-order valence-corrected chi connectivity index (χ4v) is 9.68. The van der Waals surface area contributed by atoms with Crippen LogP contribution in [0.2, 0.25) is 32.7 Å². The summed E-state index contributed by atoms with van der Waals surface area (Å²) in [5, 5.41) is 3.57. The van der Waals surface area contributed by atoms with E-state index in [1.807, 2.05) is 0 Å². The summed E-state index contributed by atoms with van der Waals surface area (Å²) in [7, 11) is -2.64. The number of hydrogen-bond acceptors (Lipinski definition) is 1. The van der Waals surface area contributed by atoms with E-state index in [1.54, 1.807) is 27.1 Å². The second-order valence-electron chi connectivity index (χ2n) is 9.35. The molecule has 0 bridgehead atoms. The summed E-state index contributed by atoms with van der Waals surface area (Å²) in [6, 6.07) is 6.97. The van der Waals surface area contributed by atoms with Crippen LogP contribution in [0.3, 0.4) is 0 Å². The van der Waals surface area contributed by atoms with Gasteiger partial charge in [-0.3, -0.25) is 0 Å². The van der Waals surface area contributed by atoms with E-state index in [9.17, 15) is 0 Å². The van der Waals surface area contributed by atoms with Gasteiger partial charge in [0, 0.05) is 6.10 Å². The number of allylic oxidation sites excluding steroid dienone is 4. The van der Waals surface area contributed by atoms with Gasteiger partial charge in [0.1, 0.15) is 8.07 Å². The average molecular weight is 367 g/mol. The topological polar surface area (TPSA) is 9.23 Å². The third kappa shape index (κ3) is 2.96. The van der Waals surface area contributed by atoms with Gasteiger partial charge in [-0.05, 0) is 73.7 Å². The van der Waals surface area contributed by atoms with E-state index < -0.39 is 16.4 Å². The molecule has 1 aliphatic heterocycles. The number of hydrogen-bond donors (Lipinski definition) is 0. The van der Waals surface area contributed by atoms with Crippen molar-refractivity contribution in [1.82, 2.24) is 0 Å². The van der Waals surface area contributed by atoms with Crippen molar-refractivity contribution in [3.63, 3.8) is 0 Å². The maximum absolute atomic E-state index is 6.31. The lowest BCUT2D eigenvalue weighted by Gasteiger charge is -2.24. The molecule has 3 heteroatoms. The van der Waals surface area contributed by atoms with Crippen LogP contribution in [0.15, 0.2) is 41.1 Å². The normalized spacial score (nSPS) is 21.7. The van der Waals surface area contributed by atoms with Gasteiger partial charge in [0.25, 0.3) is 0 Å². The highest BCUT2D eigenvalue weighted by atomic mass is 28.4. The molecule has 1 atom stereocenters. The van der Waals surface area contributed by atoms with Crippen LogP contribution < -0.4 is 0 Å². The molecule has 0 radical (unpaired) electrons. The number of rotatable bonds is 5. The van der Waals surface area contributed by atoms with Gasteiger partial charge in [-0.1, -0.05) is 53.8 Å². The summed E-state index contributed by atoms with van der Waals surface area (Å²) in [5.74, 6) is 0. The minimum absolute atomic E-state index is 0.303. The van der Waals surface area contributed by atoms with Crippen LogP contribution in [-0.2, 0) is 10.8 Å². The van der Waals surface area contributed by atoms with Crippen molar-refractivity contribution in [3.05, 3.63) is 57.8 Å². The van der Waals surface area contributed by atoms with Gasteiger partial charge in [-0.15, -0.1) is 0 Å². The SMILES string of the molecule is CC(CC1=C(c2cccc3c2C2=C(C3)[Si]2(C)C)CC=C1)O[Si](C)(C)C. The van der Waals surface area contributed by atoms with Crippen molar-refractivity contribution >= 4 is 27.2 Å². The summed E-state index contributed by atoms with van der Waals surface area (Å²) >= 11 is 0. The highest BCUT2D eigenvalue weighted by Gasteiger charge is 2.52. The molecule has 3 aliphatic rings. The Kier molecular flexibility index (Phi) is 3.91. The minimum Gasteiger partial charge on any atom is -0.415 e. The van der Waals surface area contributed by atoms with Gasteiger partial charge in [-0.2, -0.15) is 0 Å².